The summed E-state index contributed by atoms with van der Waals surface area (Å²) in [6, 6.07) is 7.81. The van der Waals surface area contributed by atoms with E-state index in [-0.39, 0.29) is 11.2 Å². The molecular formula is C15H23BN2O2S. The molecule has 0 aliphatic carbocycles. The first-order valence-corrected chi connectivity index (χ1v) is 7.66. The van der Waals surface area contributed by atoms with Gasteiger partial charge < -0.3 is 14.7 Å². The number of hydrazine groups is 1. The van der Waals surface area contributed by atoms with Crippen molar-refractivity contribution in [2.45, 2.75) is 38.9 Å². The third-order valence-electron chi connectivity index (χ3n) is 4.20. The second-order valence-electron chi connectivity index (χ2n) is 6.20. The van der Waals surface area contributed by atoms with Crippen LogP contribution in [0.5, 0.6) is 0 Å². The molecule has 1 aromatic rings. The van der Waals surface area contributed by atoms with Crippen molar-refractivity contribution < 1.29 is 9.31 Å². The van der Waals surface area contributed by atoms with E-state index >= 15 is 0 Å². The number of nitrogen functional groups attached to an aromatic ring is 1. The average molecular weight is 306 g/mol. The molecule has 1 aromatic carbocycles. The van der Waals surface area contributed by atoms with Crippen LogP contribution in [0, 0.1) is 0 Å². The van der Waals surface area contributed by atoms with Crippen LogP contribution in [0.4, 0.5) is 5.69 Å². The van der Waals surface area contributed by atoms with E-state index < -0.39 is 7.12 Å². The van der Waals surface area contributed by atoms with Gasteiger partial charge in [0.15, 0.2) is 0 Å². The first-order valence-electron chi connectivity index (χ1n) is 7.03. The molecule has 0 saturated carbocycles. The number of rotatable bonds is 4. The van der Waals surface area contributed by atoms with Crippen LogP contribution >= 0.6 is 12.6 Å². The maximum absolute atomic E-state index is 6.07. The minimum absolute atomic E-state index is 0.356. The van der Waals surface area contributed by atoms with Crippen molar-refractivity contribution in [2.75, 3.05) is 11.2 Å². The molecule has 6 heteroatoms. The van der Waals surface area contributed by atoms with E-state index in [1.54, 1.807) is 0 Å². The van der Waals surface area contributed by atoms with Gasteiger partial charge in [0, 0.05) is 5.75 Å². The fourth-order valence-electron chi connectivity index (χ4n) is 2.14. The molecule has 1 aliphatic rings. The number of thiol groups is 1. The zero-order chi connectivity index (χ0) is 15.7. The molecular weight excluding hydrogens is 283 g/mol. The number of nitrogens with two attached hydrogens (primary N) is 1. The lowest BCUT2D eigenvalue weighted by Gasteiger charge is -2.32. The molecule has 0 bridgehead atoms. The summed E-state index contributed by atoms with van der Waals surface area (Å²) in [5.74, 6) is 6.10. The van der Waals surface area contributed by atoms with E-state index in [0.717, 1.165) is 16.7 Å². The lowest BCUT2D eigenvalue weighted by Crippen LogP contribution is -2.41. The predicted octanol–water partition coefficient (Wildman–Crippen LogP) is 2.92. The number of hydrogen-bond acceptors (Lipinski definition) is 5. The Kier molecular flexibility index (Phi) is 4.73. The molecule has 1 saturated heterocycles. The van der Waals surface area contributed by atoms with E-state index in [9.17, 15) is 0 Å². The Morgan fingerprint density at radius 2 is 1.81 bits per heavy atom. The molecule has 114 valence electrons. The molecule has 0 unspecified atom stereocenters. The fraction of sp³-hybridized carbons (Fsp3) is 0.467. The molecule has 2 rings (SSSR count). The van der Waals surface area contributed by atoms with Gasteiger partial charge in [-0.25, -0.2) is 0 Å². The Morgan fingerprint density at radius 3 is 2.33 bits per heavy atom. The van der Waals surface area contributed by atoms with Crippen LogP contribution < -0.4 is 11.3 Å². The summed E-state index contributed by atoms with van der Waals surface area (Å²) in [5, 5.41) is 0. The second kappa shape index (κ2) is 6.05. The first-order chi connectivity index (χ1) is 9.80. The molecule has 1 aliphatic heterocycles. The highest BCUT2D eigenvalue weighted by molar-refractivity contribution is 7.80. The van der Waals surface area contributed by atoms with Crippen molar-refractivity contribution in [3.05, 3.63) is 35.3 Å². The molecule has 1 heterocycles. The van der Waals surface area contributed by atoms with Crippen LogP contribution in [0.2, 0.25) is 0 Å². The number of nitrogens with one attached hydrogen (secondary N) is 1. The third kappa shape index (κ3) is 3.29. The van der Waals surface area contributed by atoms with Crippen LogP contribution in [0.15, 0.2) is 29.7 Å². The van der Waals surface area contributed by atoms with E-state index in [1.165, 1.54) is 0 Å². The topological polar surface area (TPSA) is 56.5 Å². The summed E-state index contributed by atoms with van der Waals surface area (Å²) in [7, 11) is -0.390. The van der Waals surface area contributed by atoms with Gasteiger partial charge in [-0.2, -0.15) is 12.6 Å². The summed E-state index contributed by atoms with van der Waals surface area (Å²) < 4.78 is 12.1. The first kappa shape index (κ1) is 16.4. The Bertz CT molecular complexity index is 530. The zero-order valence-electron chi connectivity index (χ0n) is 13.0. The SMILES string of the molecule is CC1(C)OB(C(=Cc2ccccc2NN)CS)OC1(C)C. The van der Waals surface area contributed by atoms with Gasteiger partial charge in [0.25, 0.3) is 0 Å². The van der Waals surface area contributed by atoms with E-state index in [0.29, 0.717) is 5.75 Å². The monoisotopic (exact) mass is 306 g/mol. The summed E-state index contributed by atoms with van der Waals surface area (Å²) in [6.45, 7) is 8.16. The van der Waals surface area contributed by atoms with Gasteiger partial charge in [-0.3, -0.25) is 5.84 Å². The molecule has 0 amide bonds. The third-order valence-corrected chi connectivity index (χ3v) is 4.56. The van der Waals surface area contributed by atoms with Crippen molar-refractivity contribution in [3.8, 4) is 0 Å². The Labute approximate surface area is 132 Å². The molecule has 0 aromatic heterocycles. The van der Waals surface area contributed by atoms with Gasteiger partial charge in [0.2, 0.25) is 0 Å². The Balaban J connectivity index is 2.31. The van der Waals surface area contributed by atoms with Crippen LogP contribution in [0.25, 0.3) is 6.08 Å². The van der Waals surface area contributed by atoms with Gasteiger partial charge in [-0.15, -0.1) is 0 Å². The molecule has 0 radical (unpaired) electrons. The van der Waals surface area contributed by atoms with Crippen LogP contribution in [0.3, 0.4) is 0 Å². The summed E-state index contributed by atoms with van der Waals surface area (Å²) in [5.41, 5.74) is 4.80. The van der Waals surface area contributed by atoms with Gasteiger partial charge in [-0.1, -0.05) is 24.3 Å². The highest BCUT2D eigenvalue weighted by atomic mass is 32.1. The maximum Gasteiger partial charge on any atom is 0.491 e. The summed E-state index contributed by atoms with van der Waals surface area (Å²) in [6.07, 6.45) is 2.02. The smallest absolute Gasteiger partial charge is 0.400 e. The van der Waals surface area contributed by atoms with Gasteiger partial charge >= 0.3 is 7.12 Å². The van der Waals surface area contributed by atoms with Crippen molar-refractivity contribution in [3.63, 3.8) is 0 Å². The quantitative estimate of drug-likeness (QED) is 0.346. The summed E-state index contributed by atoms with van der Waals surface area (Å²) >= 11 is 4.42. The largest absolute Gasteiger partial charge is 0.491 e. The van der Waals surface area contributed by atoms with Gasteiger partial charge in [-0.05, 0) is 44.8 Å². The molecule has 3 N–H and O–H groups in total. The molecule has 21 heavy (non-hydrogen) atoms. The van der Waals surface area contributed by atoms with Crippen molar-refractivity contribution >= 4 is 31.5 Å². The van der Waals surface area contributed by atoms with Gasteiger partial charge in [0.05, 0.1) is 16.9 Å². The highest BCUT2D eigenvalue weighted by Gasteiger charge is 2.52. The second-order valence-corrected chi connectivity index (χ2v) is 6.51. The minimum atomic E-state index is -0.390. The lowest BCUT2D eigenvalue weighted by atomic mass is 9.78. The number of anilines is 1. The van der Waals surface area contributed by atoms with Crippen molar-refractivity contribution in [2.24, 2.45) is 5.84 Å². The number of hydrogen-bond donors (Lipinski definition) is 3. The molecule has 0 atom stereocenters. The standard InChI is InChI=1S/C15H23BN2O2S/c1-14(2)15(3,4)20-16(19-14)12(10-21)9-11-7-5-6-8-13(11)18-17/h5-9,18,21H,10,17H2,1-4H3. The lowest BCUT2D eigenvalue weighted by molar-refractivity contribution is 0.00578. The Morgan fingerprint density at radius 1 is 1.24 bits per heavy atom. The average Bonchev–Trinajstić information content (AvgIpc) is 2.65. The van der Waals surface area contributed by atoms with Crippen LogP contribution in [-0.2, 0) is 9.31 Å². The van der Waals surface area contributed by atoms with Crippen molar-refractivity contribution in [1.82, 2.24) is 0 Å². The number of para-hydroxylation sites is 1. The van der Waals surface area contributed by atoms with E-state index in [1.807, 2.05) is 58.0 Å². The van der Waals surface area contributed by atoms with Crippen LogP contribution in [0.1, 0.15) is 33.3 Å². The van der Waals surface area contributed by atoms with Gasteiger partial charge in [0.1, 0.15) is 0 Å². The molecule has 0 spiro atoms. The highest BCUT2D eigenvalue weighted by Crippen LogP contribution is 2.39. The normalized spacial score (nSPS) is 20.7. The van der Waals surface area contributed by atoms with Crippen LogP contribution in [-0.4, -0.2) is 24.1 Å². The fourth-order valence-corrected chi connectivity index (χ4v) is 2.38. The molecule has 1 fully saturated rings. The predicted molar refractivity (Wildman–Crippen MR) is 92.2 cm³/mol. The van der Waals surface area contributed by atoms with E-state index in [4.69, 9.17) is 15.2 Å². The zero-order valence-corrected chi connectivity index (χ0v) is 13.9. The number of benzene rings is 1. The van der Waals surface area contributed by atoms with E-state index in [2.05, 4.69) is 18.1 Å². The maximum atomic E-state index is 6.07. The molecule has 4 nitrogen and oxygen atoms in total. The Hall–Kier alpha value is -0.945. The van der Waals surface area contributed by atoms with Crippen molar-refractivity contribution in [1.29, 1.82) is 0 Å². The summed E-state index contributed by atoms with van der Waals surface area (Å²) in [4.78, 5) is 0. The minimum Gasteiger partial charge on any atom is -0.400 e.